The zero-order chi connectivity index (χ0) is 8.69. The first-order chi connectivity index (χ1) is 5.16. The monoisotopic (exact) mass is 145 g/mol. The van der Waals surface area contributed by atoms with Gasteiger partial charge in [-0.1, -0.05) is 5.16 Å². The lowest BCUT2D eigenvalue weighted by Gasteiger charge is -1.90. The molecule has 1 amide bonds. The second-order valence-corrected chi connectivity index (χ2v) is 1.54. The molecule has 0 rings (SSSR count). The molecule has 0 aliphatic heterocycles. The molecule has 0 aromatic rings. The number of primary amides is 1. The van der Waals surface area contributed by atoms with Crippen LogP contribution < -0.4 is 5.73 Å². The van der Waals surface area contributed by atoms with Crippen LogP contribution in [0.3, 0.4) is 0 Å². The van der Waals surface area contributed by atoms with Gasteiger partial charge in [0.05, 0.1) is 0 Å². The topological polar surface area (TPSA) is 81.8 Å². The van der Waals surface area contributed by atoms with Crippen molar-refractivity contribution in [1.29, 1.82) is 0 Å². The lowest BCUT2D eigenvalue weighted by molar-refractivity contribution is -0.122. The van der Waals surface area contributed by atoms with E-state index in [1.807, 2.05) is 0 Å². The molecule has 0 radical (unpaired) electrons. The molecule has 0 saturated carbocycles. The van der Waals surface area contributed by atoms with Crippen molar-refractivity contribution in [3.8, 4) is 0 Å². The third-order valence-corrected chi connectivity index (χ3v) is 0.505. The molecule has 10 heavy (non-hydrogen) atoms. The third-order valence-electron chi connectivity index (χ3n) is 0.505. The number of Topliss-reactive ketones (excluding diaryl/α,β-unsaturated/α-hetero) is 1. The van der Waals surface area contributed by atoms with Crippen molar-refractivity contribution < 1.29 is 15.8 Å². The second-order valence-electron chi connectivity index (χ2n) is 1.54. The first-order valence-electron chi connectivity index (χ1n) is 3.03. The van der Waals surface area contributed by atoms with Crippen LogP contribution in [-0.2, 0) is 14.4 Å². The fourth-order valence-corrected chi connectivity index (χ4v) is 0.207. The lowest BCUT2D eigenvalue weighted by atomic mass is 10.5. The standard InChI is InChI=1S/C5H8N2O3/c1-4(8)2-7-10-3-5(6)9/h2H,3H2,1H3,(H2,6,9)/b7-2+/i/hD. The molecule has 0 spiro atoms. The summed E-state index contributed by atoms with van der Waals surface area (Å²) in [5.41, 5.74) is 1.58. The van der Waals surface area contributed by atoms with E-state index in [1.165, 1.54) is 6.92 Å². The Morgan fingerprint density at radius 1 is 1.90 bits per heavy atom. The number of nitrogens with zero attached hydrogens (tertiary/aromatic N) is 1. The third kappa shape index (κ3) is 6.61. The van der Waals surface area contributed by atoms with Gasteiger partial charge in [-0.3, -0.25) is 9.59 Å². The van der Waals surface area contributed by atoms with Crippen LogP contribution in [0.25, 0.3) is 0 Å². The number of nitrogens with two attached hydrogens (primary N) is 1. The smallest absolute Gasteiger partial charge is 0.258 e. The maximum atomic E-state index is 10.3. The first kappa shape index (κ1) is 6.73. The summed E-state index contributed by atoms with van der Waals surface area (Å²) in [6, 6.07) is 0. The van der Waals surface area contributed by atoms with Crippen LogP contribution in [0.5, 0.6) is 0 Å². The summed E-state index contributed by atoms with van der Waals surface area (Å²) in [5, 5.41) is 3.14. The zero-order valence-electron chi connectivity index (χ0n) is 6.46. The van der Waals surface area contributed by atoms with Crippen LogP contribution in [0, 0.1) is 0 Å². The molecule has 0 aromatic carbocycles. The molecule has 56 valence electrons. The number of hydrogen-bond donors (Lipinski definition) is 1. The van der Waals surface area contributed by atoms with Crippen LogP contribution in [0.4, 0.5) is 0 Å². The van der Waals surface area contributed by atoms with Crippen molar-refractivity contribution in [2.45, 2.75) is 6.92 Å². The maximum Gasteiger partial charge on any atom is 0.258 e. The fourth-order valence-electron chi connectivity index (χ4n) is 0.207. The molecule has 0 bridgehead atoms. The van der Waals surface area contributed by atoms with Crippen LogP contribution in [-0.4, -0.2) is 24.5 Å². The van der Waals surface area contributed by atoms with Gasteiger partial charge in [-0.15, -0.1) is 0 Å². The van der Waals surface area contributed by atoms with Crippen LogP contribution >= 0.6 is 0 Å². The van der Waals surface area contributed by atoms with Gasteiger partial charge in [0, 0.05) is 6.92 Å². The van der Waals surface area contributed by atoms with Crippen molar-refractivity contribution >= 4 is 17.9 Å². The molecule has 5 heteroatoms. The van der Waals surface area contributed by atoms with E-state index in [4.69, 9.17) is 1.41 Å². The summed E-state index contributed by atoms with van der Waals surface area (Å²) in [6.45, 7) is 0.949. The molecule has 2 N–H and O–H groups in total. The Morgan fingerprint density at radius 2 is 2.60 bits per heavy atom. The minimum Gasteiger partial charge on any atom is -0.386 e. The molecule has 0 aliphatic carbocycles. The van der Waals surface area contributed by atoms with E-state index < -0.39 is 5.91 Å². The van der Waals surface area contributed by atoms with Gasteiger partial charge >= 0.3 is 0 Å². The van der Waals surface area contributed by atoms with E-state index in [2.05, 4.69) is 9.99 Å². The van der Waals surface area contributed by atoms with E-state index in [1.54, 1.807) is 5.73 Å². The average molecular weight is 145 g/mol. The minimum atomic E-state index is -0.620. The van der Waals surface area contributed by atoms with Crippen molar-refractivity contribution in [3.05, 3.63) is 0 Å². The Hall–Kier alpha value is -1.39. The fraction of sp³-hybridized carbons (Fsp3) is 0.400. The Kier molecular flexibility index (Phi) is 3.02. The van der Waals surface area contributed by atoms with Crippen molar-refractivity contribution in [2.75, 3.05) is 6.61 Å². The predicted octanol–water partition coefficient (Wildman–Crippen LogP) is -0.937. The van der Waals surface area contributed by atoms with Gasteiger partial charge in [-0.05, 0) is 0 Å². The number of carbonyl (C=O) groups excluding carboxylic acids is 2. The highest BCUT2D eigenvalue weighted by atomic mass is 16.6. The predicted molar refractivity (Wildman–Crippen MR) is 34.3 cm³/mol. The summed E-state index contributed by atoms with van der Waals surface area (Å²) in [4.78, 5) is 24.8. The zero-order valence-corrected chi connectivity index (χ0v) is 5.46. The summed E-state index contributed by atoms with van der Waals surface area (Å²) < 4.78 is 6.33. The largest absolute Gasteiger partial charge is 0.386 e. The summed E-state index contributed by atoms with van der Waals surface area (Å²) in [6.07, 6.45) is 0.942. The Bertz CT molecular complexity index is 181. The highest BCUT2D eigenvalue weighted by molar-refractivity contribution is 6.26. The van der Waals surface area contributed by atoms with Crippen LogP contribution in [0.1, 0.15) is 6.92 Å². The number of amides is 1. The molecule has 0 fully saturated rings. The molecule has 0 aliphatic rings. The average Bonchev–Trinajstić information content (AvgIpc) is 1.97. The summed E-state index contributed by atoms with van der Waals surface area (Å²) >= 11 is 0. The van der Waals surface area contributed by atoms with Crippen LogP contribution in [0.2, 0.25) is 1.41 Å². The van der Waals surface area contributed by atoms with E-state index in [9.17, 15) is 9.59 Å². The molecule has 0 atom stereocenters. The Balaban J connectivity index is 3.41. The molecule has 5 nitrogen and oxygen atoms in total. The second kappa shape index (κ2) is 4.49. The summed E-state index contributed by atoms with van der Waals surface area (Å²) in [5.74, 6) is -0.887. The van der Waals surface area contributed by atoms with Gasteiger partial charge in [0.25, 0.3) is 5.91 Å². The van der Waals surface area contributed by atoms with Gasteiger partial charge in [0.2, 0.25) is 0 Å². The molecular formula is C5H8N2O3. The van der Waals surface area contributed by atoms with Gasteiger partial charge in [0.15, 0.2) is 13.8 Å². The van der Waals surface area contributed by atoms with Gasteiger partial charge in [0.1, 0.15) is 6.21 Å². The number of carbonyl (C=O) groups is 2. The van der Waals surface area contributed by atoms with E-state index in [-0.39, 0.29) is 12.4 Å². The van der Waals surface area contributed by atoms with Gasteiger partial charge < -0.3 is 10.6 Å². The molecule has 0 unspecified atom stereocenters. The maximum absolute atomic E-state index is 10.3. The normalized spacial score (nSPS) is 10.7. The Labute approximate surface area is 59.3 Å². The highest BCUT2D eigenvalue weighted by Crippen LogP contribution is 1.72. The number of oxime groups is 1. The van der Waals surface area contributed by atoms with E-state index in [0.29, 0.717) is 0 Å². The van der Waals surface area contributed by atoms with Crippen molar-refractivity contribution in [1.82, 2.24) is 0 Å². The van der Waals surface area contributed by atoms with E-state index >= 15 is 0 Å². The first-order valence-corrected chi connectivity index (χ1v) is 2.53. The molecular weight excluding hydrogens is 136 g/mol. The molecule has 0 heterocycles. The Morgan fingerprint density at radius 3 is 3.10 bits per heavy atom. The molecule has 0 aromatic heterocycles. The van der Waals surface area contributed by atoms with Crippen LogP contribution in [0.15, 0.2) is 5.16 Å². The van der Waals surface area contributed by atoms with Gasteiger partial charge in [-0.25, -0.2) is 0 Å². The van der Waals surface area contributed by atoms with Crippen molar-refractivity contribution in [3.63, 3.8) is 0 Å². The molecule has 0 saturated heterocycles. The van der Waals surface area contributed by atoms with Crippen molar-refractivity contribution in [2.24, 2.45) is 10.9 Å². The minimum absolute atomic E-state index is 0.267. The van der Waals surface area contributed by atoms with E-state index in [0.717, 1.165) is 6.21 Å². The number of ketones is 1. The number of rotatable bonds is 4. The van der Waals surface area contributed by atoms with Gasteiger partial charge in [-0.2, -0.15) is 0 Å². The SMILES string of the molecule is [2H]NC(=O)CO/N=C/C(C)=O. The number of hydrogen-bond acceptors (Lipinski definition) is 4. The lowest BCUT2D eigenvalue weighted by Crippen LogP contribution is -2.16. The highest BCUT2D eigenvalue weighted by Gasteiger charge is 1.90. The quantitative estimate of drug-likeness (QED) is 0.409. The summed E-state index contributed by atoms with van der Waals surface area (Å²) in [7, 11) is 0.